The quantitative estimate of drug-likeness (QED) is 0.802. The highest BCUT2D eigenvalue weighted by atomic mass is 32.2. The largest absolute Gasteiger partial charge is 0.454 e. The zero-order valence-corrected chi connectivity index (χ0v) is 13.2. The van der Waals surface area contributed by atoms with E-state index in [-0.39, 0.29) is 16.0 Å². The molecular formula is C16H14F2O4S. The standard InChI is InChI=1S/C16H14F2O4S/c1-10(14-9-12(17)5-8-15(14)18)22-16(19)11-3-6-13(7-4-11)23(2,20)21/h3-10H,1-2H3. The lowest BCUT2D eigenvalue weighted by Crippen LogP contribution is -2.11. The maximum Gasteiger partial charge on any atom is 0.338 e. The Bertz CT molecular complexity index is 830. The monoisotopic (exact) mass is 340 g/mol. The van der Waals surface area contributed by atoms with Crippen LogP contribution in [0.2, 0.25) is 0 Å². The van der Waals surface area contributed by atoms with Gasteiger partial charge < -0.3 is 4.74 Å². The fourth-order valence-electron chi connectivity index (χ4n) is 1.96. The molecule has 23 heavy (non-hydrogen) atoms. The molecule has 0 heterocycles. The van der Waals surface area contributed by atoms with E-state index in [0.717, 1.165) is 24.5 Å². The number of rotatable bonds is 4. The number of carbonyl (C=O) groups excluding carboxylic acids is 1. The van der Waals surface area contributed by atoms with Gasteiger partial charge in [0.05, 0.1) is 10.5 Å². The van der Waals surface area contributed by atoms with Crippen molar-refractivity contribution in [2.24, 2.45) is 0 Å². The summed E-state index contributed by atoms with van der Waals surface area (Å²) < 4.78 is 54.6. The third kappa shape index (κ3) is 4.13. The van der Waals surface area contributed by atoms with E-state index in [1.165, 1.54) is 31.2 Å². The predicted molar refractivity (Wildman–Crippen MR) is 79.7 cm³/mol. The van der Waals surface area contributed by atoms with Gasteiger partial charge in [-0.2, -0.15) is 0 Å². The molecule has 0 saturated carbocycles. The van der Waals surface area contributed by atoms with Gasteiger partial charge in [0.15, 0.2) is 9.84 Å². The summed E-state index contributed by atoms with van der Waals surface area (Å²) in [5, 5.41) is 0. The molecule has 0 aliphatic carbocycles. The Hall–Kier alpha value is -2.28. The van der Waals surface area contributed by atoms with Crippen LogP contribution in [-0.4, -0.2) is 20.6 Å². The molecule has 1 unspecified atom stereocenters. The number of halogens is 2. The minimum atomic E-state index is -3.37. The summed E-state index contributed by atoms with van der Waals surface area (Å²) >= 11 is 0. The SMILES string of the molecule is CC(OC(=O)c1ccc(S(C)(=O)=O)cc1)c1cc(F)ccc1F. The molecule has 0 aliphatic heterocycles. The maximum atomic E-state index is 13.6. The Labute approximate surface area is 132 Å². The molecule has 2 aromatic rings. The van der Waals surface area contributed by atoms with E-state index in [9.17, 15) is 22.0 Å². The summed E-state index contributed by atoms with van der Waals surface area (Å²) in [6, 6.07) is 8.03. The van der Waals surface area contributed by atoms with Gasteiger partial charge in [-0.15, -0.1) is 0 Å². The minimum Gasteiger partial charge on any atom is -0.454 e. The van der Waals surface area contributed by atoms with E-state index < -0.39 is 33.5 Å². The van der Waals surface area contributed by atoms with Crippen LogP contribution in [0.25, 0.3) is 0 Å². The fourth-order valence-corrected chi connectivity index (χ4v) is 2.59. The highest BCUT2D eigenvalue weighted by Crippen LogP contribution is 2.23. The molecule has 122 valence electrons. The third-order valence-corrected chi connectivity index (χ3v) is 4.33. The van der Waals surface area contributed by atoms with Crippen molar-refractivity contribution in [1.29, 1.82) is 0 Å². The van der Waals surface area contributed by atoms with Gasteiger partial charge in [-0.25, -0.2) is 22.0 Å². The van der Waals surface area contributed by atoms with Gasteiger partial charge in [-0.05, 0) is 49.4 Å². The summed E-state index contributed by atoms with van der Waals surface area (Å²) in [6.07, 6.45) is 0.0579. The van der Waals surface area contributed by atoms with E-state index in [1.807, 2.05) is 0 Å². The number of ether oxygens (including phenoxy) is 1. The van der Waals surface area contributed by atoms with E-state index in [0.29, 0.717) is 0 Å². The van der Waals surface area contributed by atoms with Crippen molar-refractivity contribution in [3.8, 4) is 0 Å². The van der Waals surface area contributed by atoms with Crippen molar-refractivity contribution in [3.05, 3.63) is 65.2 Å². The normalized spacial score (nSPS) is 12.7. The molecule has 0 spiro atoms. The van der Waals surface area contributed by atoms with Crippen LogP contribution in [0.5, 0.6) is 0 Å². The lowest BCUT2D eigenvalue weighted by molar-refractivity contribution is 0.0330. The summed E-state index contributed by atoms with van der Waals surface area (Å²) in [5.41, 5.74) is 0.0344. The second-order valence-corrected chi connectivity index (χ2v) is 7.03. The summed E-state index contributed by atoms with van der Waals surface area (Å²) in [4.78, 5) is 12.1. The molecule has 0 N–H and O–H groups in total. The molecule has 0 aliphatic rings. The minimum absolute atomic E-state index is 0.0678. The van der Waals surface area contributed by atoms with E-state index in [2.05, 4.69) is 0 Å². The van der Waals surface area contributed by atoms with Crippen molar-refractivity contribution < 1.29 is 26.7 Å². The van der Waals surface area contributed by atoms with Gasteiger partial charge in [0, 0.05) is 11.8 Å². The second kappa shape index (κ2) is 6.45. The molecule has 1 atom stereocenters. The van der Waals surface area contributed by atoms with Gasteiger partial charge in [0.2, 0.25) is 0 Å². The highest BCUT2D eigenvalue weighted by molar-refractivity contribution is 7.90. The lowest BCUT2D eigenvalue weighted by atomic mass is 10.1. The Morgan fingerprint density at radius 3 is 2.26 bits per heavy atom. The van der Waals surface area contributed by atoms with Crippen LogP contribution in [0, 0.1) is 11.6 Å². The van der Waals surface area contributed by atoms with Crippen LogP contribution in [0.15, 0.2) is 47.4 Å². The van der Waals surface area contributed by atoms with Crippen LogP contribution in [0.3, 0.4) is 0 Å². The van der Waals surface area contributed by atoms with Crippen LogP contribution in [-0.2, 0) is 14.6 Å². The Morgan fingerprint density at radius 2 is 1.70 bits per heavy atom. The van der Waals surface area contributed by atoms with Crippen LogP contribution in [0.4, 0.5) is 8.78 Å². The average Bonchev–Trinajstić information content (AvgIpc) is 2.48. The molecular weight excluding hydrogens is 326 g/mol. The molecule has 0 aromatic heterocycles. The molecule has 0 amide bonds. The lowest BCUT2D eigenvalue weighted by Gasteiger charge is -2.14. The molecule has 0 radical (unpaired) electrons. The first-order chi connectivity index (χ1) is 10.7. The molecule has 0 fully saturated rings. The first-order valence-corrected chi connectivity index (χ1v) is 8.53. The number of sulfone groups is 1. The number of benzene rings is 2. The fraction of sp³-hybridized carbons (Fsp3) is 0.188. The van der Waals surface area contributed by atoms with Gasteiger partial charge in [0.1, 0.15) is 17.7 Å². The summed E-state index contributed by atoms with van der Waals surface area (Å²) in [6.45, 7) is 1.42. The van der Waals surface area contributed by atoms with Gasteiger partial charge in [0.25, 0.3) is 0 Å². The maximum absolute atomic E-state index is 13.6. The Balaban J connectivity index is 2.17. The zero-order valence-electron chi connectivity index (χ0n) is 12.4. The van der Waals surface area contributed by atoms with Gasteiger partial charge >= 0.3 is 5.97 Å². The molecule has 0 saturated heterocycles. The van der Waals surface area contributed by atoms with Crippen molar-refractivity contribution in [1.82, 2.24) is 0 Å². The number of esters is 1. The zero-order chi connectivity index (χ0) is 17.2. The molecule has 4 nitrogen and oxygen atoms in total. The van der Waals surface area contributed by atoms with Crippen molar-refractivity contribution in [2.75, 3.05) is 6.26 Å². The number of hydrogen-bond acceptors (Lipinski definition) is 4. The number of hydrogen-bond donors (Lipinski definition) is 0. The van der Waals surface area contributed by atoms with Crippen LogP contribution < -0.4 is 0 Å². The summed E-state index contributed by atoms with van der Waals surface area (Å²) in [5.74, 6) is -2.08. The van der Waals surface area contributed by atoms with E-state index in [4.69, 9.17) is 4.74 Å². The third-order valence-electron chi connectivity index (χ3n) is 3.20. The Morgan fingerprint density at radius 1 is 1.09 bits per heavy atom. The first-order valence-electron chi connectivity index (χ1n) is 6.64. The van der Waals surface area contributed by atoms with E-state index >= 15 is 0 Å². The van der Waals surface area contributed by atoms with E-state index in [1.54, 1.807) is 0 Å². The van der Waals surface area contributed by atoms with Crippen LogP contribution in [0.1, 0.15) is 28.9 Å². The van der Waals surface area contributed by atoms with Crippen molar-refractivity contribution in [2.45, 2.75) is 17.9 Å². The second-order valence-electron chi connectivity index (χ2n) is 5.01. The van der Waals surface area contributed by atoms with Crippen molar-refractivity contribution >= 4 is 15.8 Å². The topological polar surface area (TPSA) is 60.4 Å². The predicted octanol–water partition coefficient (Wildman–Crippen LogP) is 3.29. The Kier molecular flexibility index (Phi) is 4.79. The smallest absolute Gasteiger partial charge is 0.338 e. The first kappa shape index (κ1) is 17.1. The molecule has 2 aromatic carbocycles. The highest BCUT2D eigenvalue weighted by Gasteiger charge is 2.18. The van der Waals surface area contributed by atoms with Crippen molar-refractivity contribution in [3.63, 3.8) is 0 Å². The average molecular weight is 340 g/mol. The van der Waals surface area contributed by atoms with Gasteiger partial charge in [-0.3, -0.25) is 0 Å². The number of carbonyl (C=O) groups is 1. The van der Waals surface area contributed by atoms with Gasteiger partial charge in [-0.1, -0.05) is 0 Å². The summed E-state index contributed by atoms with van der Waals surface area (Å²) in [7, 11) is -3.37. The molecule has 2 rings (SSSR count). The molecule has 7 heteroatoms. The van der Waals surface area contributed by atoms with Crippen LogP contribution >= 0.6 is 0 Å². The molecule has 0 bridgehead atoms.